The fourth-order valence-electron chi connectivity index (χ4n) is 2.06. The van der Waals surface area contributed by atoms with Gasteiger partial charge in [0.15, 0.2) is 0 Å². The van der Waals surface area contributed by atoms with E-state index in [9.17, 15) is 4.79 Å². The van der Waals surface area contributed by atoms with Crippen LogP contribution in [0, 0.1) is 0 Å². The summed E-state index contributed by atoms with van der Waals surface area (Å²) in [5, 5.41) is 20.0. The maximum atomic E-state index is 12.3. The second-order valence-electron chi connectivity index (χ2n) is 4.30. The first-order valence-electron chi connectivity index (χ1n) is 6.26. The summed E-state index contributed by atoms with van der Waals surface area (Å²) in [5.41, 5.74) is 0.570. The molecule has 0 aliphatic rings. The van der Waals surface area contributed by atoms with Crippen LogP contribution in [0.15, 0.2) is 42.5 Å². The molecule has 100 valence electrons. The van der Waals surface area contributed by atoms with Crippen molar-refractivity contribution in [3.8, 4) is 0 Å². The van der Waals surface area contributed by atoms with Crippen LogP contribution >= 0.6 is 0 Å². The van der Waals surface area contributed by atoms with Gasteiger partial charge in [-0.25, -0.2) is 0 Å². The number of amides is 1. The van der Waals surface area contributed by atoms with E-state index < -0.39 is 0 Å². The van der Waals surface area contributed by atoms with Crippen molar-refractivity contribution < 1.29 is 15.0 Å². The molecule has 4 heteroatoms. The number of rotatable bonds is 5. The number of fused-ring (bicyclic) bond motifs is 1. The van der Waals surface area contributed by atoms with E-state index in [0.717, 1.165) is 10.8 Å². The Balaban J connectivity index is 2.29. The lowest BCUT2D eigenvalue weighted by Crippen LogP contribution is -2.35. The third kappa shape index (κ3) is 3.10. The third-order valence-electron chi connectivity index (χ3n) is 3.02. The van der Waals surface area contributed by atoms with E-state index in [1.54, 1.807) is 6.07 Å². The Hall–Kier alpha value is -1.91. The number of hydrogen-bond acceptors (Lipinski definition) is 3. The van der Waals surface area contributed by atoms with Gasteiger partial charge in [0.25, 0.3) is 5.91 Å². The molecule has 2 N–H and O–H groups in total. The van der Waals surface area contributed by atoms with Crippen molar-refractivity contribution in [2.24, 2.45) is 0 Å². The molecule has 0 aromatic heterocycles. The second kappa shape index (κ2) is 6.31. The summed E-state index contributed by atoms with van der Waals surface area (Å²) in [7, 11) is 0. The molecule has 0 radical (unpaired) electrons. The van der Waals surface area contributed by atoms with E-state index in [1.807, 2.05) is 36.4 Å². The number of carbonyl (C=O) groups is 1. The molecule has 4 nitrogen and oxygen atoms in total. The number of carbonyl (C=O) groups excluding carboxylic acids is 1. The van der Waals surface area contributed by atoms with Gasteiger partial charge in [-0.1, -0.05) is 30.3 Å². The lowest BCUT2D eigenvalue weighted by molar-refractivity contribution is 0.0685. The average Bonchev–Trinajstić information content (AvgIpc) is 2.46. The Morgan fingerprint density at radius 1 is 0.947 bits per heavy atom. The van der Waals surface area contributed by atoms with Crippen molar-refractivity contribution >= 4 is 16.7 Å². The lowest BCUT2D eigenvalue weighted by Gasteiger charge is -2.20. The van der Waals surface area contributed by atoms with Crippen LogP contribution in [0.1, 0.15) is 10.4 Å². The van der Waals surface area contributed by atoms with Crippen LogP contribution in [-0.2, 0) is 0 Å². The number of aliphatic hydroxyl groups is 2. The predicted molar refractivity (Wildman–Crippen MR) is 74.0 cm³/mol. The number of benzene rings is 2. The molecular formula is C15H17NO3. The summed E-state index contributed by atoms with van der Waals surface area (Å²) >= 11 is 0. The van der Waals surface area contributed by atoms with Gasteiger partial charge >= 0.3 is 0 Å². The Bertz CT molecular complexity index is 562. The average molecular weight is 259 g/mol. The summed E-state index contributed by atoms with van der Waals surface area (Å²) in [6.07, 6.45) is 0. The second-order valence-corrected chi connectivity index (χ2v) is 4.30. The first-order chi connectivity index (χ1) is 9.26. The molecule has 0 heterocycles. The minimum atomic E-state index is -0.172. The molecule has 0 saturated heterocycles. The van der Waals surface area contributed by atoms with Gasteiger partial charge in [-0.2, -0.15) is 0 Å². The van der Waals surface area contributed by atoms with Gasteiger partial charge in [0, 0.05) is 18.7 Å². The highest BCUT2D eigenvalue weighted by atomic mass is 16.3. The summed E-state index contributed by atoms with van der Waals surface area (Å²) in [6.45, 7) is 0.233. The number of aliphatic hydroxyl groups excluding tert-OH is 2. The van der Waals surface area contributed by atoms with Gasteiger partial charge < -0.3 is 15.1 Å². The van der Waals surface area contributed by atoms with Crippen molar-refractivity contribution in [2.75, 3.05) is 26.3 Å². The van der Waals surface area contributed by atoms with Gasteiger partial charge in [0.05, 0.1) is 13.2 Å². The predicted octanol–water partition coefficient (Wildman–Crippen LogP) is 1.27. The Morgan fingerprint density at radius 3 is 2.21 bits per heavy atom. The van der Waals surface area contributed by atoms with Crippen molar-refractivity contribution in [3.63, 3.8) is 0 Å². The van der Waals surface area contributed by atoms with Gasteiger partial charge in [-0.3, -0.25) is 4.79 Å². The molecule has 0 atom stereocenters. The molecule has 1 amide bonds. The van der Waals surface area contributed by atoms with Crippen LogP contribution in [0.3, 0.4) is 0 Å². The largest absolute Gasteiger partial charge is 0.395 e. The monoisotopic (exact) mass is 259 g/mol. The Kier molecular flexibility index (Phi) is 4.49. The molecule has 0 saturated carbocycles. The lowest BCUT2D eigenvalue weighted by atomic mass is 10.1. The summed E-state index contributed by atoms with van der Waals surface area (Å²) < 4.78 is 0. The Morgan fingerprint density at radius 2 is 1.58 bits per heavy atom. The number of nitrogens with zero attached hydrogens (tertiary/aromatic N) is 1. The molecule has 0 spiro atoms. The van der Waals surface area contributed by atoms with Crippen molar-refractivity contribution in [1.82, 2.24) is 4.90 Å². The zero-order valence-corrected chi connectivity index (χ0v) is 10.6. The van der Waals surface area contributed by atoms with Crippen molar-refractivity contribution in [1.29, 1.82) is 0 Å². The standard InChI is InChI=1S/C15H17NO3/c17-9-7-16(8-10-18)15(19)14-6-5-12-3-1-2-4-13(12)11-14/h1-6,11,17-18H,7-10H2. The molecule has 2 aromatic carbocycles. The molecule has 19 heavy (non-hydrogen) atoms. The fraction of sp³-hybridized carbons (Fsp3) is 0.267. The minimum absolute atomic E-state index is 0.112. The molecule has 0 unspecified atom stereocenters. The fourth-order valence-corrected chi connectivity index (χ4v) is 2.06. The number of hydrogen-bond donors (Lipinski definition) is 2. The van der Waals surface area contributed by atoms with Crippen LogP contribution in [0.2, 0.25) is 0 Å². The van der Waals surface area contributed by atoms with E-state index >= 15 is 0 Å². The van der Waals surface area contributed by atoms with E-state index in [1.165, 1.54) is 4.90 Å². The van der Waals surface area contributed by atoms with E-state index in [-0.39, 0.29) is 32.2 Å². The topological polar surface area (TPSA) is 60.8 Å². The summed E-state index contributed by atoms with van der Waals surface area (Å²) in [6, 6.07) is 13.3. The molecule has 0 aliphatic carbocycles. The van der Waals surface area contributed by atoms with Gasteiger partial charge in [-0.05, 0) is 22.9 Å². The first-order valence-corrected chi connectivity index (χ1v) is 6.26. The zero-order chi connectivity index (χ0) is 13.7. The SMILES string of the molecule is O=C(c1ccc2ccccc2c1)N(CCO)CCO. The van der Waals surface area contributed by atoms with Crippen LogP contribution < -0.4 is 0 Å². The molecule has 0 bridgehead atoms. The van der Waals surface area contributed by atoms with Crippen LogP contribution in [-0.4, -0.2) is 47.3 Å². The van der Waals surface area contributed by atoms with E-state index in [0.29, 0.717) is 5.56 Å². The highest BCUT2D eigenvalue weighted by Gasteiger charge is 2.14. The molecule has 2 rings (SSSR count). The molecule has 0 fully saturated rings. The summed E-state index contributed by atoms with van der Waals surface area (Å²) in [5.74, 6) is -0.172. The molecular weight excluding hydrogens is 242 g/mol. The minimum Gasteiger partial charge on any atom is -0.395 e. The zero-order valence-electron chi connectivity index (χ0n) is 10.6. The van der Waals surface area contributed by atoms with E-state index in [2.05, 4.69) is 0 Å². The third-order valence-corrected chi connectivity index (χ3v) is 3.02. The smallest absolute Gasteiger partial charge is 0.254 e. The normalized spacial score (nSPS) is 10.6. The maximum Gasteiger partial charge on any atom is 0.254 e. The van der Waals surface area contributed by atoms with Crippen molar-refractivity contribution in [3.05, 3.63) is 48.0 Å². The maximum absolute atomic E-state index is 12.3. The van der Waals surface area contributed by atoms with Crippen LogP contribution in [0.5, 0.6) is 0 Å². The van der Waals surface area contributed by atoms with Gasteiger partial charge in [0.2, 0.25) is 0 Å². The Labute approximate surface area is 111 Å². The molecule has 0 aliphatic heterocycles. The highest BCUT2D eigenvalue weighted by molar-refractivity contribution is 5.98. The summed E-state index contributed by atoms with van der Waals surface area (Å²) in [4.78, 5) is 13.7. The van der Waals surface area contributed by atoms with Gasteiger partial charge in [-0.15, -0.1) is 0 Å². The van der Waals surface area contributed by atoms with Gasteiger partial charge in [0.1, 0.15) is 0 Å². The van der Waals surface area contributed by atoms with Crippen LogP contribution in [0.25, 0.3) is 10.8 Å². The van der Waals surface area contributed by atoms with Crippen LogP contribution in [0.4, 0.5) is 0 Å². The quantitative estimate of drug-likeness (QED) is 0.850. The first kappa shape index (κ1) is 13.5. The highest BCUT2D eigenvalue weighted by Crippen LogP contribution is 2.16. The van der Waals surface area contributed by atoms with E-state index in [4.69, 9.17) is 10.2 Å². The molecule has 2 aromatic rings. The van der Waals surface area contributed by atoms with Crippen molar-refractivity contribution in [2.45, 2.75) is 0 Å².